The van der Waals surface area contributed by atoms with Crippen LogP contribution in [0, 0.1) is 0 Å². The normalized spacial score (nSPS) is 14.7. The molecule has 6 nitrogen and oxygen atoms in total. The number of para-hydroxylation sites is 1. The first-order valence-electron chi connectivity index (χ1n) is 10.5. The van der Waals surface area contributed by atoms with Crippen molar-refractivity contribution >= 4 is 16.9 Å². The molecule has 30 heavy (non-hydrogen) atoms. The standard InChI is InChI=1S/C24H29N3O3/c1-29-19-8-7-18(23(15-19)30-2)9-12-25-24(28)27-13-10-17(11-14-27)21-16-26-22-6-4-3-5-20(21)22/h3-8,15-17,26H,9-14H2,1-2H3,(H,25,28). The molecule has 0 spiro atoms. The van der Waals surface area contributed by atoms with Crippen LogP contribution in [0.2, 0.25) is 0 Å². The number of hydrogen-bond acceptors (Lipinski definition) is 3. The van der Waals surface area contributed by atoms with Gasteiger partial charge in [-0.25, -0.2) is 4.79 Å². The number of benzene rings is 2. The van der Waals surface area contributed by atoms with Crippen molar-refractivity contribution in [3.8, 4) is 11.5 Å². The SMILES string of the molecule is COc1ccc(CCNC(=O)N2CCC(c3c[nH]c4ccccc34)CC2)c(OC)c1. The number of aromatic amines is 1. The van der Waals surface area contributed by atoms with E-state index in [1.54, 1.807) is 14.2 Å². The van der Waals surface area contributed by atoms with E-state index in [0.717, 1.165) is 43.0 Å². The maximum absolute atomic E-state index is 12.6. The Labute approximate surface area is 177 Å². The van der Waals surface area contributed by atoms with Crippen molar-refractivity contribution in [1.82, 2.24) is 15.2 Å². The average Bonchev–Trinajstić information content (AvgIpc) is 3.23. The summed E-state index contributed by atoms with van der Waals surface area (Å²) in [5.74, 6) is 2.04. The summed E-state index contributed by atoms with van der Waals surface area (Å²) in [4.78, 5) is 17.9. The van der Waals surface area contributed by atoms with Crippen LogP contribution in [0.25, 0.3) is 10.9 Å². The second-order valence-corrected chi connectivity index (χ2v) is 7.71. The predicted octanol–water partition coefficient (Wildman–Crippen LogP) is 4.32. The molecule has 158 valence electrons. The number of piperidine rings is 1. The Kier molecular flexibility index (Phi) is 6.12. The number of rotatable bonds is 6. The van der Waals surface area contributed by atoms with Crippen LogP contribution < -0.4 is 14.8 Å². The van der Waals surface area contributed by atoms with Crippen molar-refractivity contribution in [3.63, 3.8) is 0 Å². The van der Waals surface area contributed by atoms with Crippen molar-refractivity contribution in [2.75, 3.05) is 33.9 Å². The minimum absolute atomic E-state index is 0.0138. The van der Waals surface area contributed by atoms with Crippen LogP contribution in [0.5, 0.6) is 11.5 Å². The van der Waals surface area contributed by atoms with Gasteiger partial charge in [-0.3, -0.25) is 0 Å². The van der Waals surface area contributed by atoms with Crippen molar-refractivity contribution in [1.29, 1.82) is 0 Å². The molecule has 4 rings (SSSR count). The number of carbonyl (C=O) groups is 1. The molecule has 3 aromatic rings. The summed E-state index contributed by atoms with van der Waals surface area (Å²) in [6, 6.07) is 14.2. The Bertz CT molecular complexity index is 1010. The number of carbonyl (C=O) groups excluding carboxylic acids is 1. The molecule has 0 saturated carbocycles. The summed E-state index contributed by atoms with van der Waals surface area (Å²) in [5.41, 5.74) is 3.61. The topological polar surface area (TPSA) is 66.6 Å². The lowest BCUT2D eigenvalue weighted by atomic mass is 9.89. The van der Waals surface area contributed by atoms with Crippen LogP contribution in [-0.4, -0.2) is 49.8 Å². The highest BCUT2D eigenvalue weighted by atomic mass is 16.5. The van der Waals surface area contributed by atoms with E-state index in [1.807, 2.05) is 23.1 Å². The fourth-order valence-electron chi connectivity index (χ4n) is 4.30. The van der Waals surface area contributed by atoms with Gasteiger partial charge in [-0.15, -0.1) is 0 Å². The quantitative estimate of drug-likeness (QED) is 0.640. The molecular formula is C24H29N3O3. The Hall–Kier alpha value is -3.15. The third-order valence-electron chi connectivity index (χ3n) is 6.01. The Morgan fingerprint density at radius 2 is 1.93 bits per heavy atom. The molecule has 1 aromatic heterocycles. The molecule has 1 fully saturated rings. The highest BCUT2D eigenvalue weighted by Gasteiger charge is 2.25. The molecular weight excluding hydrogens is 378 g/mol. The number of nitrogens with zero attached hydrogens (tertiary/aromatic N) is 1. The molecule has 1 aliphatic rings. The number of nitrogens with one attached hydrogen (secondary N) is 2. The van der Waals surface area contributed by atoms with Crippen molar-refractivity contribution in [2.24, 2.45) is 0 Å². The summed E-state index contributed by atoms with van der Waals surface area (Å²) < 4.78 is 10.7. The highest BCUT2D eigenvalue weighted by Crippen LogP contribution is 2.33. The van der Waals surface area contributed by atoms with E-state index in [4.69, 9.17) is 9.47 Å². The predicted molar refractivity (Wildman–Crippen MR) is 118 cm³/mol. The zero-order chi connectivity index (χ0) is 20.9. The summed E-state index contributed by atoms with van der Waals surface area (Å²) in [7, 11) is 3.28. The number of amides is 2. The number of urea groups is 1. The molecule has 2 heterocycles. The molecule has 2 amide bonds. The van der Waals surface area contributed by atoms with Crippen molar-refractivity contribution < 1.29 is 14.3 Å². The highest BCUT2D eigenvalue weighted by molar-refractivity contribution is 5.83. The van der Waals surface area contributed by atoms with Gasteiger partial charge >= 0.3 is 6.03 Å². The van der Waals surface area contributed by atoms with Gasteiger partial charge < -0.3 is 24.7 Å². The number of likely N-dealkylation sites (tertiary alicyclic amines) is 1. The number of methoxy groups -OCH3 is 2. The number of aromatic nitrogens is 1. The first kappa shape index (κ1) is 20.1. The monoisotopic (exact) mass is 407 g/mol. The second-order valence-electron chi connectivity index (χ2n) is 7.71. The van der Waals surface area contributed by atoms with Gasteiger partial charge in [0.05, 0.1) is 14.2 Å². The summed E-state index contributed by atoms with van der Waals surface area (Å²) >= 11 is 0. The molecule has 1 saturated heterocycles. The van der Waals surface area contributed by atoms with Crippen LogP contribution in [0.3, 0.4) is 0 Å². The molecule has 6 heteroatoms. The lowest BCUT2D eigenvalue weighted by Gasteiger charge is -2.32. The smallest absolute Gasteiger partial charge is 0.317 e. The van der Waals surface area contributed by atoms with E-state index >= 15 is 0 Å². The maximum Gasteiger partial charge on any atom is 0.317 e. The lowest BCUT2D eigenvalue weighted by Crippen LogP contribution is -2.44. The van der Waals surface area contributed by atoms with Crippen LogP contribution in [-0.2, 0) is 6.42 Å². The first-order chi connectivity index (χ1) is 14.7. The molecule has 2 N–H and O–H groups in total. The number of hydrogen-bond donors (Lipinski definition) is 2. The molecule has 0 unspecified atom stereocenters. The van der Waals surface area contributed by atoms with Crippen LogP contribution in [0.4, 0.5) is 4.79 Å². The van der Waals surface area contributed by atoms with Crippen LogP contribution in [0.15, 0.2) is 48.7 Å². The Balaban J connectivity index is 1.28. The summed E-state index contributed by atoms with van der Waals surface area (Å²) in [6.45, 7) is 2.13. The van der Waals surface area contributed by atoms with E-state index in [-0.39, 0.29) is 6.03 Å². The molecule has 0 atom stereocenters. The van der Waals surface area contributed by atoms with Gasteiger partial charge in [0, 0.05) is 42.8 Å². The molecule has 0 bridgehead atoms. The van der Waals surface area contributed by atoms with Crippen LogP contribution >= 0.6 is 0 Å². The van der Waals surface area contributed by atoms with Gasteiger partial charge in [0.15, 0.2) is 0 Å². The van der Waals surface area contributed by atoms with Gasteiger partial charge in [-0.1, -0.05) is 24.3 Å². The first-order valence-corrected chi connectivity index (χ1v) is 10.5. The zero-order valence-electron chi connectivity index (χ0n) is 17.6. The summed E-state index contributed by atoms with van der Waals surface area (Å²) in [5, 5.41) is 4.35. The number of H-pyrrole nitrogens is 1. The minimum atomic E-state index is 0.0138. The van der Waals surface area contributed by atoms with E-state index in [2.05, 4.69) is 40.8 Å². The van der Waals surface area contributed by atoms with Gasteiger partial charge in [-0.2, -0.15) is 0 Å². The van der Waals surface area contributed by atoms with Gasteiger partial charge in [0.2, 0.25) is 0 Å². The number of fused-ring (bicyclic) bond motifs is 1. The summed E-state index contributed by atoms with van der Waals surface area (Å²) in [6.07, 6.45) is 4.82. The molecule has 0 aliphatic carbocycles. The van der Waals surface area contributed by atoms with E-state index in [0.29, 0.717) is 18.9 Å². The molecule has 2 aromatic carbocycles. The molecule has 1 aliphatic heterocycles. The molecule has 0 radical (unpaired) electrons. The Morgan fingerprint density at radius 1 is 1.13 bits per heavy atom. The van der Waals surface area contributed by atoms with E-state index < -0.39 is 0 Å². The average molecular weight is 408 g/mol. The third-order valence-corrected chi connectivity index (χ3v) is 6.01. The third kappa shape index (κ3) is 4.22. The fraction of sp³-hybridized carbons (Fsp3) is 0.375. The number of ether oxygens (including phenoxy) is 2. The largest absolute Gasteiger partial charge is 0.497 e. The minimum Gasteiger partial charge on any atom is -0.497 e. The van der Waals surface area contributed by atoms with E-state index in [1.165, 1.54) is 16.5 Å². The van der Waals surface area contributed by atoms with Crippen molar-refractivity contribution in [2.45, 2.75) is 25.2 Å². The van der Waals surface area contributed by atoms with Gasteiger partial charge in [0.25, 0.3) is 0 Å². The Morgan fingerprint density at radius 3 is 2.70 bits per heavy atom. The second kappa shape index (κ2) is 9.11. The lowest BCUT2D eigenvalue weighted by molar-refractivity contribution is 0.181. The van der Waals surface area contributed by atoms with Gasteiger partial charge in [0.1, 0.15) is 11.5 Å². The fourth-order valence-corrected chi connectivity index (χ4v) is 4.30. The zero-order valence-corrected chi connectivity index (χ0v) is 17.6. The van der Waals surface area contributed by atoms with E-state index in [9.17, 15) is 4.79 Å². The van der Waals surface area contributed by atoms with Crippen molar-refractivity contribution in [3.05, 3.63) is 59.8 Å². The maximum atomic E-state index is 12.6. The van der Waals surface area contributed by atoms with Crippen LogP contribution in [0.1, 0.15) is 29.9 Å². The van der Waals surface area contributed by atoms with Gasteiger partial charge in [-0.05, 0) is 48.4 Å².